The van der Waals surface area contributed by atoms with Gasteiger partial charge in [-0.25, -0.2) is 15.0 Å². The average molecular weight is 395 g/mol. The van der Waals surface area contributed by atoms with E-state index in [2.05, 4.69) is 31.2 Å². The Balaban J connectivity index is 1.91. The number of halogens is 1. The third-order valence-electron chi connectivity index (χ3n) is 3.91. The van der Waals surface area contributed by atoms with E-state index in [-0.39, 0.29) is 0 Å². The van der Waals surface area contributed by atoms with Crippen LogP contribution in [0.25, 0.3) is 16.9 Å². The summed E-state index contributed by atoms with van der Waals surface area (Å²) in [6.45, 7) is 2.05. The van der Waals surface area contributed by atoms with Gasteiger partial charge in [0.25, 0.3) is 0 Å². The Morgan fingerprint density at radius 1 is 1.08 bits per heavy atom. The molecule has 0 saturated carbocycles. The molecule has 0 radical (unpaired) electrons. The highest BCUT2D eigenvalue weighted by atomic mass is 79.9. The number of para-hydroxylation sites is 2. The molecule has 7 heteroatoms. The van der Waals surface area contributed by atoms with Gasteiger partial charge in [-0.05, 0) is 36.8 Å². The van der Waals surface area contributed by atoms with Crippen molar-refractivity contribution in [3.05, 3.63) is 64.9 Å². The van der Waals surface area contributed by atoms with Crippen molar-refractivity contribution in [1.82, 2.24) is 19.5 Å². The molecule has 0 aliphatic heterocycles. The maximum atomic E-state index is 5.84. The zero-order valence-corrected chi connectivity index (χ0v) is 15.0. The van der Waals surface area contributed by atoms with Gasteiger partial charge in [0, 0.05) is 16.2 Å². The first-order valence-electron chi connectivity index (χ1n) is 7.70. The first-order chi connectivity index (χ1) is 12.1. The van der Waals surface area contributed by atoms with E-state index >= 15 is 0 Å². The molecule has 0 unspecified atom stereocenters. The minimum absolute atomic E-state index is 0.410. The first-order valence-corrected chi connectivity index (χ1v) is 8.50. The number of nitrogens with two attached hydrogens (primary N) is 1. The Kier molecular flexibility index (Phi) is 3.85. The number of nitrogens with zero attached hydrogens (tertiary/aromatic N) is 4. The van der Waals surface area contributed by atoms with Gasteiger partial charge in [-0.15, -0.1) is 0 Å². The number of fused-ring (bicyclic) bond motifs is 1. The van der Waals surface area contributed by atoms with Crippen molar-refractivity contribution in [1.29, 1.82) is 0 Å². The number of hydrogen-bond acceptors (Lipinski definition) is 5. The van der Waals surface area contributed by atoms with Crippen molar-refractivity contribution in [2.45, 2.75) is 6.92 Å². The third-order valence-corrected chi connectivity index (χ3v) is 4.40. The lowest BCUT2D eigenvalue weighted by Crippen LogP contribution is -2.05. The minimum Gasteiger partial charge on any atom is -0.384 e. The largest absolute Gasteiger partial charge is 0.384 e. The van der Waals surface area contributed by atoms with Crippen LogP contribution in [0.5, 0.6) is 0 Å². The first kappa shape index (κ1) is 15.6. The highest BCUT2D eigenvalue weighted by Gasteiger charge is 2.14. The number of imidazole rings is 1. The predicted octanol–water partition coefficient (Wildman–Crippen LogP) is 4.21. The molecule has 2 heterocycles. The molecule has 0 amide bonds. The summed E-state index contributed by atoms with van der Waals surface area (Å²) in [6, 6.07) is 15.7. The van der Waals surface area contributed by atoms with Crippen LogP contribution in [0, 0.1) is 6.92 Å². The van der Waals surface area contributed by atoms with E-state index in [1.54, 1.807) is 6.07 Å². The van der Waals surface area contributed by atoms with Crippen LogP contribution < -0.4 is 11.1 Å². The lowest BCUT2D eigenvalue weighted by molar-refractivity contribution is 1.00. The van der Waals surface area contributed by atoms with Crippen molar-refractivity contribution in [2.24, 2.45) is 0 Å². The number of rotatable bonds is 3. The summed E-state index contributed by atoms with van der Waals surface area (Å²) < 4.78 is 2.93. The van der Waals surface area contributed by atoms with Gasteiger partial charge in [-0.1, -0.05) is 34.1 Å². The standard InChI is InChI=1S/C18H15BrN6/c1-11-6-7-12(19)8-14(11)24-18-23-13-4-2-3-5-15(13)25(18)17-9-16(20)21-10-22-17/h2-10H,1H3,(H,23,24)(H2,20,21,22). The Morgan fingerprint density at radius 3 is 2.76 bits per heavy atom. The van der Waals surface area contributed by atoms with E-state index in [0.29, 0.717) is 17.6 Å². The lowest BCUT2D eigenvalue weighted by Gasteiger charge is -2.12. The molecule has 4 aromatic rings. The molecule has 4 rings (SSSR count). The third kappa shape index (κ3) is 2.94. The molecule has 0 saturated heterocycles. The number of hydrogen-bond donors (Lipinski definition) is 2. The summed E-state index contributed by atoms with van der Waals surface area (Å²) in [5.74, 6) is 1.74. The van der Waals surface area contributed by atoms with Crippen LogP contribution in [-0.4, -0.2) is 19.5 Å². The summed E-state index contributed by atoms with van der Waals surface area (Å²) in [4.78, 5) is 13.1. The topological polar surface area (TPSA) is 81.7 Å². The number of nitrogen functional groups attached to an aromatic ring is 1. The SMILES string of the molecule is Cc1ccc(Br)cc1Nc1nc2ccccc2n1-c1cc(N)ncn1. The second-order valence-corrected chi connectivity index (χ2v) is 6.56. The molecule has 0 spiro atoms. The van der Waals surface area contributed by atoms with Gasteiger partial charge in [-0.3, -0.25) is 4.57 Å². The second kappa shape index (κ2) is 6.18. The minimum atomic E-state index is 0.410. The molecule has 2 aromatic carbocycles. The van der Waals surface area contributed by atoms with Crippen LogP contribution in [0.3, 0.4) is 0 Å². The molecule has 0 aliphatic rings. The maximum absolute atomic E-state index is 5.84. The van der Waals surface area contributed by atoms with Crippen LogP contribution in [0.4, 0.5) is 17.5 Å². The van der Waals surface area contributed by atoms with E-state index in [0.717, 1.165) is 26.8 Å². The van der Waals surface area contributed by atoms with E-state index < -0.39 is 0 Å². The normalized spacial score (nSPS) is 11.0. The van der Waals surface area contributed by atoms with Crippen molar-refractivity contribution in [2.75, 3.05) is 11.1 Å². The molecule has 124 valence electrons. The van der Waals surface area contributed by atoms with Gasteiger partial charge in [0.05, 0.1) is 11.0 Å². The number of nitrogens with one attached hydrogen (secondary N) is 1. The summed E-state index contributed by atoms with van der Waals surface area (Å²) in [7, 11) is 0. The summed E-state index contributed by atoms with van der Waals surface area (Å²) >= 11 is 3.51. The number of anilines is 3. The lowest BCUT2D eigenvalue weighted by atomic mass is 10.2. The molecular formula is C18H15BrN6. The summed E-state index contributed by atoms with van der Waals surface area (Å²) in [6.07, 6.45) is 1.45. The molecule has 3 N–H and O–H groups in total. The number of benzene rings is 2. The molecule has 0 fully saturated rings. The quantitative estimate of drug-likeness (QED) is 0.543. The van der Waals surface area contributed by atoms with Crippen molar-refractivity contribution < 1.29 is 0 Å². The fourth-order valence-corrected chi connectivity index (χ4v) is 3.04. The van der Waals surface area contributed by atoms with Gasteiger partial charge in [-0.2, -0.15) is 0 Å². The Bertz CT molecular complexity index is 1070. The highest BCUT2D eigenvalue weighted by molar-refractivity contribution is 9.10. The maximum Gasteiger partial charge on any atom is 0.214 e. The van der Waals surface area contributed by atoms with E-state index in [1.807, 2.05) is 54.0 Å². The molecular weight excluding hydrogens is 380 g/mol. The van der Waals surface area contributed by atoms with Gasteiger partial charge in [0.15, 0.2) is 0 Å². The molecule has 0 aliphatic carbocycles. The van der Waals surface area contributed by atoms with E-state index in [1.165, 1.54) is 6.33 Å². The zero-order chi connectivity index (χ0) is 17.4. The monoisotopic (exact) mass is 394 g/mol. The van der Waals surface area contributed by atoms with E-state index in [4.69, 9.17) is 10.7 Å². The fourth-order valence-electron chi connectivity index (χ4n) is 2.67. The molecule has 6 nitrogen and oxygen atoms in total. The smallest absolute Gasteiger partial charge is 0.214 e. The van der Waals surface area contributed by atoms with Gasteiger partial charge in [0.1, 0.15) is 18.0 Å². The van der Waals surface area contributed by atoms with Crippen molar-refractivity contribution in [3.63, 3.8) is 0 Å². The van der Waals surface area contributed by atoms with Gasteiger partial charge in [0.2, 0.25) is 5.95 Å². The number of aryl methyl sites for hydroxylation is 1. The molecule has 2 aromatic heterocycles. The van der Waals surface area contributed by atoms with Crippen LogP contribution >= 0.6 is 15.9 Å². The van der Waals surface area contributed by atoms with Crippen LogP contribution in [-0.2, 0) is 0 Å². The van der Waals surface area contributed by atoms with Crippen molar-refractivity contribution in [3.8, 4) is 5.82 Å². The average Bonchev–Trinajstić information content (AvgIpc) is 2.96. The van der Waals surface area contributed by atoms with Crippen molar-refractivity contribution >= 4 is 44.4 Å². The molecule has 0 atom stereocenters. The highest BCUT2D eigenvalue weighted by Crippen LogP contribution is 2.29. The summed E-state index contributed by atoms with van der Waals surface area (Å²) in [5.41, 5.74) is 9.74. The molecule has 25 heavy (non-hydrogen) atoms. The second-order valence-electron chi connectivity index (χ2n) is 5.64. The Hall–Kier alpha value is -2.93. The Labute approximate surface area is 152 Å². The van der Waals surface area contributed by atoms with Crippen LogP contribution in [0.15, 0.2) is 59.3 Å². The zero-order valence-electron chi connectivity index (χ0n) is 13.4. The molecule has 0 bridgehead atoms. The summed E-state index contributed by atoms with van der Waals surface area (Å²) in [5, 5.41) is 3.41. The van der Waals surface area contributed by atoms with Crippen LogP contribution in [0.2, 0.25) is 0 Å². The predicted molar refractivity (Wildman–Crippen MR) is 103 cm³/mol. The fraction of sp³-hybridized carbons (Fsp3) is 0.0556. The Morgan fingerprint density at radius 2 is 1.92 bits per heavy atom. The van der Waals surface area contributed by atoms with Gasteiger partial charge < -0.3 is 11.1 Å². The number of aromatic nitrogens is 4. The van der Waals surface area contributed by atoms with E-state index in [9.17, 15) is 0 Å². The van der Waals surface area contributed by atoms with Crippen LogP contribution in [0.1, 0.15) is 5.56 Å². The van der Waals surface area contributed by atoms with Gasteiger partial charge >= 0.3 is 0 Å².